The van der Waals surface area contributed by atoms with E-state index < -0.39 is 0 Å². The highest BCUT2D eigenvalue weighted by Crippen LogP contribution is 2.19. The van der Waals surface area contributed by atoms with Crippen LogP contribution in [0.5, 0.6) is 0 Å². The topological polar surface area (TPSA) is 38.3 Å². The van der Waals surface area contributed by atoms with Crippen LogP contribution in [0.25, 0.3) is 0 Å². The molecule has 130 valence electrons. The fourth-order valence-corrected chi connectivity index (χ4v) is 2.64. The minimum atomic E-state index is -0.310. The molecule has 2 aromatic carbocycles. The van der Waals surface area contributed by atoms with Crippen LogP contribution in [-0.2, 0) is 11.2 Å². The van der Waals surface area contributed by atoms with E-state index in [2.05, 4.69) is 12.2 Å². The summed E-state index contributed by atoms with van der Waals surface area (Å²) in [4.78, 5) is 11.4. The molecule has 1 N–H and O–H groups in total. The Kier molecular flexibility index (Phi) is 8.83. The molecule has 2 unspecified atom stereocenters. The van der Waals surface area contributed by atoms with Gasteiger partial charge in [0.25, 0.3) is 0 Å². The second-order valence-corrected chi connectivity index (χ2v) is 6.11. The van der Waals surface area contributed by atoms with Gasteiger partial charge in [0.15, 0.2) is 0 Å². The number of methoxy groups -OCH3 is 1. The van der Waals surface area contributed by atoms with Crippen LogP contribution < -0.4 is 5.32 Å². The molecule has 0 amide bonds. The first-order valence-corrected chi connectivity index (χ1v) is 8.13. The van der Waals surface area contributed by atoms with Gasteiger partial charge >= 0.3 is 5.97 Å². The molecule has 24 heavy (non-hydrogen) atoms. The number of alkyl halides is 1. The molecule has 0 aromatic heterocycles. The molecule has 0 aliphatic rings. The van der Waals surface area contributed by atoms with Crippen molar-refractivity contribution in [2.45, 2.75) is 24.8 Å². The van der Waals surface area contributed by atoms with E-state index in [0.29, 0.717) is 18.2 Å². The first-order chi connectivity index (χ1) is 11.1. The van der Waals surface area contributed by atoms with Crippen molar-refractivity contribution in [1.29, 1.82) is 0 Å². The maximum atomic E-state index is 11.4. The van der Waals surface area contributed by atoms with E-state index in [1.807, 2.05) is 42.5 Å². The first-order valence-electron chi connectivity index (χ1n) is 7.70. The fraction of sp³-hybridized carbons (Fsp3) is 0.316. The minimum Gasteiger partial charge on any atom is -0.465 e. The molecule has 0 spiro atoms. The predicted molar refractivity (Wildman–Crippen MR) is 101 cm³/mol. The average Bonchev–Trinajstić information content (AvgIpc) is 2.60. The molecular formula is C19H23Cl2NO2. The van der Waals surface area contributed by atoms with Gasteiger partial charge in [0.1, 0.15) is 0 Å². The van der Waals surface area contributed by atoms with Crippen LogP contribution in [0.2, 0.25) is 0 Å². The lowest BCUT2D eigenvalue weighted by atomic mass is 10.0. The number of esters is 1. The molecule has 0 radical (unpaired) electrons. The van der Waals surface area contributed by atoms with Gasteiger partial charge in [0.05, 0.1) is 18.1 Å². The number of hydrogen-bond donors (Lipinski definition) is 1. The summed E-state index contributed by atoms with van der Waals surface area (Å²) in [5.74, 6) is -0.310. The third-order valence-electron chi connectivity index (χ3n) is 3.72. The van der Waals surface area contributed by atoms with Crippen LogP contribution in [0.4, 0.5) is 0 Å². The number of carbonyl (C=O) groups is 1. The van der Waals surface area contributed by atoms with E-state index in [9.17, 15) is 4.79 Å². The molecule has 0 aliphatic carbocycles. The molecule has 0 saturated carbocycles. The van der Waals surface area contributed by atoms with E-state index in [1.165, 1.54) is 12.7 Å². The summed E-state index contributed by atoms with van der Waals surface area (Å²) >= 11 is 6.41. The second kappa shape index (κ2) is 10.3. The monoisotopic (exact) mass is 367 g/mol. The number of rotatable bonds is 7. The van der Waals surface area contributed by atoms with Gasteiger partial charge in [-0.05, 0) is 36.6 Å². The molecule has 2 aromatic rings. The van der Waals surface area contributed by atoms with E-state index in [-0.39, 0.29) is 23.8 Å². The Morgan fingerprint density at radius 1 is 1.12 bits per heavy atom. The smallest absolute Gasteiger partial charge is 0.337 e. The number of ether oxygens (including phenoxy) is 1. The quantitative estimate of drug-likeness (QED) is 0.582. The van der Waals surface area contributed by atoms with E-state index in [4.69, 9.17) is 16.3 Å². The number of hydrogen-bond acceptors (Lipinski definition) is 3. The Morgan fingerprint density at radius 2 is 1.75 bits per heavy atom. The maximum absolute atomic E-state index is 11.4. The second-order valence-electron chi connectivity index (χ2n) is 5.58. The maximum Gasteiger partial charge on any atom is 0.337 e. The van der Waals surface area contributed by atoms with Crippen LogP contribution in [0, 0.1) is 0 Å². The molecule has 0 fully saturated rings. The zero-order chi connectivity index (χ0) is 16.7. The average molecular weight is 368 g/mol. The summed E-state index contributed by atoms with van der Waals surface area (Å²) in [6.07, 6.45) is 0.875. The van der Waals surface area contributed by atoms with Crippen LogP contribution >= 0.6 is 24.0 Å². The molecule has 0 bridgehead atoms. The van der Waals surface area contributed by atoms with Gasteiger partial charge < -0.3 is 10.1 Å². The van der Waals surface area contributed by atoms with Crippen molar-refractivity contribution >= 4 is 30.0 Å². The molecule has 3 nitrogen and oxygen atoms in total. The number of benzene rings is 2. The van der Waals surface area contributed by atoms with Crippen molar-refractivity contribution in [3.8, 4) is 0 Å². The van der Waals surface area contributed by atoms with Gasteiger partial charge in [-0.25, -0.2) is 4.79 Å². The lowest BCUT2D eigenvalue weighted by molar-refractivity contribution is 0.0600. The Balaban J connectivity index is 0.00000288. The summed E-state index contributed by atoms with van der Waals surface area (Å²) in [5.41, 5.74) is 2.86. The van der Waals surface area contributed by atoms with Crippen molar-refractivity contribution in [2.75, 3.05) is 13.7 Å². The van der Waals surface area contributed by atoms with E-state index in [0.717, 1.165) is 12.0 Å². The van der Waals surface area contributed by atoms with Gasteiger partial charge in [-0.3, -0.25) is 0 Å². The Labute approximate surface area is 154 Å². The largest absolute Gasteiger partial charge is 0.465 e. The zero-order valence-corrected chi connectivity index (χ0v) is 15.4. The minimum absolute atomic E-state index is 0. The lowest BCUT2D eigenvalue weighted by Gasteiger charge is -2.17. The van der Waals surface area contributed by atoms with Gasteiger partial charge in [0.2, 0.25) is 0 Å². The van der Waals surface area contributed by atoms with Crippen LogP contribution in [0.3, 0.4) is 0 Å². The Morgan fingerprint density at radius 3 is 2.33 bits per heavy atom. The van der Waals surface area contributed by atoms with Crippen LogP contribution in [-0.4, -0.2) is 25.7 Å². The number of carbonyl (C=O) groups excluding carboxylic acids is 1. The normalized spacial score (nSPS) is 12.8. The highest BCUT2D eigenvalue weighted by Gasteiger charge is 2.10. The van der Waals surface area contributed by atoms with E-state index >= 15 is 0 Å². The molecule has 2 atom stereocenters. The van der Waals surface area contributed by atoms with Gasteiger partial charge in [-0.1, -0.05) is 42.5 Å². The molecule has 0 aliphatic heterocycles. The first kappa shape index (κ1) is 20.5. The molecule has 2 rings (SSSR count). The summed E-state index contributed by atoms with van der Waals surface area (Å²) < 4.78 is 4.70. The molecule has 0 saturated heterocycles. The fourth-order valence-electron chi connectivity index (χ4n) is 2.40. The summed E-state index contributed by atoms with van der Waals surface area (Å²) in [7, 11) is 1.39. The van der Waals surface area contributed by atoms with Crippen molar-refractivity contribution in [3.05, 3.63) is 71.3 Å². The third kappa shape index (κ3) is 6.16. The zero-order valence-electron chi connectivity index (χ0n) is 13.9. The highest BCUT2D eigenvalue weighted by atomic mass is 35.5. The van der Waals surface area contributed by atoms with Crippen molar-refractivity contribution in [1.82, 2.24) is 5.32 Å². The standard InChI is InChI=1S/C19H22ClNO2.ClH/c1-14(21-13-18(20)16-6-4-3-5-7-16)12-15-8-10-17(11-9-15)19(22)23-2;/h3-11,14,18,21H,12-13H2,1-2H3;1H. The van der Waals surface area contributed by atoms with Gasteiger partial charge in [-0.15, -0.1) is 24.0 Å². The van der Waals surface area contributed by atoms with Crippen molar-refractivity contribution < 1.29 is 9.53 Å². The third-order valence-corrected chi connectivity index (χ3v) is 4.13. The molecule has 5 heteroatoms. The summed E-state index contributed by atoms with van der Waals surface area (Å²) in [6.45, 7) is 2.84. The van der Waals surface area contributed by atoms with Gasteiger partial charge in [-0.2, -0.15) is 0 Å². The molecular weight excluding hydrogens is 345 g/mol. The van der Waals surface area contributed by atoms with Crippen LogP contribution in [0.15, 0.2) is 54.6 Å². The van der Waals surface area contributed by atoms with Crippen molar-refractivity contribution in [2.24, 2.45) is 0 Å². The van der Waals surface area contributed by atoms with Crippen LogP contribution in [0.1, 0.15) is 33.8 Å². The number of halogens is 2. The van der Waals surface area contributed by atoms with Crippen molar-refractivity contribution in [3.63, 3.8) is 0 Å². The molecule has 0 heterocycles. The lowest BCUT2D eigenvalue weighted by Crippen LogP contribution is -2.30. The number of nitrogens with one attached hydrogen (secondary N) is 1. The van der Waals surface area contributed by atoms with E-state index in [1.54, 1.807) is 12.1 Å². The Hall–Kier alpha value is -1.55. The summed E-state index contributed by atoms with van der Waals surface area (Å²) in [5, 5.41) is 3.41. The Bertz CT molecular complexity index is 617. The van der Waals surface area contributed by atoms with Gasteiger partial charge in [0, 0.05) is 12.6 Å². The highest BCUT2D eigenvalue weighted by molar-refractivity contribution is 6.21. The summed E-state index contributed by atoms with van der Waals surface area (Å²) in [6, 6.07) is 17.9. The predicted octanol–water partition coefficient (Wildman–Crippen LogP) is 4.40. The SMILES string of the molecule is COC(=O)c1ccc(CC(C)NCC(Cl)c2ccccc2)cc1.Cl.